The zero-order chi connectivity index (χ0) is 15.2. The van der Waals surface area contributed by atoms with Crippen molar-refractivity contribution in [3.63, 3.8) is 0 Å². The van der Waals surface area contributed by atoms with Crippen molar-refractivity contribution in [1.82, 2.24) is 24.6 Å². The SMILES string of the molecule is O=C(NCCCn1ccnc1)c1ccc(Cn2cccn2)o1. The molecule has 22 heavy (non-hydrogen) atoms. The van der Waals surface area contributed by atoms with Crippen molar-refractivity contribution in [2.75, 3.05) is 6.54 Å². The van der Waals surface area contributed by atoms with Crippen molar-refractivity contribution in [2.45, 2.75) is 19.5 Å². The van der Waals surface area contributed by atoms with Crippen LogP contribution in [0.5, 0.6) is 0 Å². The minimum Gasteiger partial charge on any atom is -0.454 e. The number of hydrogen-bond donors (Lipinski definition) is 1. The van der Waals surface area contributed by atoms with Gasteiger partial charge in [0.15, 0.2) is 5.76 Å². The molecule has 0 saturated carbocycles. The summed E-state index contributed by atoms with van der Waals surface area (Å²) in [6, 6.07) is 5.32. The van der Waals surface area contributed by atoms with Gasteiger partial charge in [-0.25, -0.2) is 4.98 Å². The van der Waals surface area contributed by atoms with Crippen LogP contribution in [0.15, 0.2) is 53.7 Å². The molecule has 3 aromatic heterocycles. The maximum Gasteiger partial charge on any atom is 0.286 e. The second-order valence-corrected chi connectivity index (χ2v) is 4.88. The van der Waals surface area contributed by atoms with Gasteiger partial charge in [-0.3, -0.25) is 9.48 Å². The van der Waals surface area contributed by atoms with Crippen molar-refractivity contribution < 1.29 is 9.21 Å². The van der Waals surface area contributed by atoms with Crippen LogP contribution in [0.2, 0.25) is 0 Å². The van der Waals surface area contributed by atoms with Gasteiger partial charge in [0.1, 0.15) is 5.76 Å². The van der Waals surface area contributed by atoms with Gasteiger partial charge in [0, 0.05) is 37.9 Å². The molecule has 0 fully saturated rings. The number of imidazole rings is 1. The van der Waals surface area contributed by atoms with Crippen LogP contribution in [0.3, 0.4) is 0 Å². The molecule has 0 aliphatic heterocycles. The number of aryl methyl sites for hydroxylation is 1. The zero-order valence-corrected chi connectivity index (χ0v) is 12.1. The van der Waals surface area contributed by atoms with Crippen LogP contribution < -0.4 is 5.32 Å². The second kappa shape index (κ2) is 6.75. The van der Waals surface area contributed by atoms with Gasteiger partial charge in [0.25, 0.3) is 5.91 Å². The highest BCUT2D eigenvalue weighted by molar-refractivity contribution is 5.91. The molecule has 0 bridgehead atoms. The van der Waals surface area contributed by atoms with Crippen molar-refractivity contribution in [3.8, 4) is 0 Å². The predicted octanol–water partition coefficient (Wildman–Crippen LogP) is 1.54. The fraction of sp³-hybridized carbons (Fsp3) is 0.267. The molecule has 0 spiro atoms. The lowest BCUT2D eigenvalue weighted by molar-refractivity contribution is 0.0923. The Balaban J connectivity index is 1.45. The molecule has 1 amide bonds. The summed E-state index contributed by atoms with van der Waals surface area (Å²) in [6.07, 6.45) is 9.78. The Hall–Kier alpha value is -2.83. The smallest absolute Gasteiger partial charge is 0.286 e. The van der Waals surface area contributed by atoms with Gasteiger partial charge in [0.05, 0.1) is 12.9 Å². The molecule has 7 nitrogen and oxygen atoms in total. The van der Waals surface area contributed by atoms with Crippen molar-refractivity contribution in [1.29, 1.82) is 0 Å². The molecule has 0 aliphatic rings. The molecule has 3 heterocycles. The van der Waals surface area contributed by atoms with Crippen LogP contribution in [0.4, 0.5) is 0 Å². The van der Waals surface area contributed by atoms with E-state index in [9.17, 15) is 4.79 Å². The third-order valence-electron chi connectivity index (χ3n) is 3.20. The molecule has 7 heteroatoms. The number of furan rings is 1. The van der Waals surface area contributed by atoms with E-state index in [1.165, 1.54) is 0 Å². The van der Waals surface area contributed by atoms with Gasteiger partial charge < -0.3 is 14.3 Å². The lowest BCUT2D eigenvalue weighted by Gasteiger charge is -2.04. The van der Waals surface area contributed by atoms with E-state index in [1.807, 2.05) is 23.0 Å². The largest absolute Gasteiger partial charge is 0.454 e. The zero-order valence-electron chi connectivity index (χ0n) is 12.1. The fourth-order valence-corrected chi connectivity index (χ4v) is 2.11. The van der Waals surface area contributed by atoms with Gasteiger partial charge in [-0.2, -0.15) is 5.10 Å². The summed E-state index contributed by atoms with van der Waals surface area (Å²) in [6.45, 7) is 1.93. The first-order valence-corrected chi connectivity index (χ1v) is 7.11. The lowest BCUT2D eigenvalue weighted by Crippen LogP contribution is -2.24. The number of nitrogens with zero attached hydrogens (tertiary/aromatic N) is 4. The maximum absolute atomic E-state index is 12.0. The van der Waals surface area contributed by atoms with Gasteiger partial charge in [-0.1, -0.05) is 0 Å². The Morgan fingerprint density at radius 2 is 2.23 bits per heavy atom. The van der Waals surface area contributed by atoms with Crippen molar-refractivity contribution in [2.24, 2.45) is 0 Å². The van der Waals surface area contributed by atoms with Gasteiger partial charge in [-0.15, -0.1) is 0 Å². The van der Waals surface area contributed by atoms with Crippen LogP contribution in [0.25, 0.3) is 0 Å². The topological polar surface area (TPSA) is 77.9 Å². The van der Waals surface area contributed by atoms with Crippen LogP contribution in [0, 0.1) is 0 Å². The highest BCUT2D eigenvalue weighted by Gasteiger charge is 2.10. The summed E-state index contributed by atoms with van der Waals surface area (Å²) in [5.74, 6) is 0.828. The predicted molar refractivity (Wildman–Crippen MR) is 79.2 cm³/mol. The van der Waals surface area contributed by atoms with E-state index in [0.717, 1.165) is 13.0 Å². The molecule has 0 aromatic carbocycles. The molecular formula is C15H17N5O2. The Kier molecular flexibility index (Phi) is 4.33. The maximum atomic E-state index is 12.0. The molecule has 1 N–H and O–H groups in total. The first kappa shape index (κ1) is 14.1. The minimum atomic E-state index is -0.197. The van der Waals surface area contributed by atoms with Gasteiger partial charge in [-0.05, 0) is 24.6 Å². The average Bonchev–Trinajstić information content (AvgIpc) is 3.26. The van der Waals surface area contributed by atoms with E-state index in [-0.39, 0.29) is 5.91 Å². The molecule has 3 rings (SSSR count). The molecule has 0 saturated heterocycles. The summed E-state index contributed by atoms with van der Waals surface area (Å²) < 4.78 is 9.25. The quantitative estimate of drug-likeness (QED) is 0.671. The molecule has 3 aromatic rings. The number of carbonyl (C=O) groups excluding carboxylic acids is 1. The summed E-state index contributed by atoms with van der Waals surface area (Å²) in [7, 11) is 0. The monoisotopic (exact) mass is 299 g/mol. The Bertz CT molecular complexity index is 700. The highest BCUT2D eigenvalue weighted by Crippen LogP contribution is 2.09. The van der Waals surface area contributed by atoms with Crippen LogP contribution in [-0.4, -0.2) is 31.8 Å². The Morgan fingerprint density at radius 1 is 1.27 bits per heavy atom. The molecule has 0 unspecified atom stereocenters. The number of carbonyl (C=O) groups is 1. The summed E-state index contributed by atoms with van der Waals surface area (Å²) in [4.78, 5) is 15.9. The minimum absolute atomic E-state index is 0.197. The Morgan fingerprint density at radius 3 is 3.00 bits per heavy atom. The van der Waals surface area contributed by atoms with Crippen molar-refractivity contribution >= 4 is 5.91 Å². The summed E-state index contributed by atoms with van der Waals surface area (Å²) in [5.41, 5.74) is 0. The number of nitrogens with one attached hydrogen (secondary N) is 1. The number of amides is 1. The third kappa shape index (κ3) is 3.63. The number of rotatable bonds is 7. The number of hydrogen-bond acceptors (Lipinski definition) is 4. The third-order valence-corrected chi connectivity index (χ3v) is 3.20. The Labute approximate surface area is 127 Å². The van der Waals surface area contributed by atoms with E-state index in [2.05, 4.69) is 15.4 Å². The van der Waals surface area contributed by atoms with Gasteiger partial charge in [0.2, 0.25) is 0 Å². The van der Waals surface area contributed by atoms with Crippen molar-refractivity contribution in [3.05, 3.63) is 60.8 Å². The average molecular weight is 299 g/mol. The van der Waals surface area contributed by atoms with E-state index in [0.29, 0.717) is 24.6 Å². The van der Waals surface area contributed by atoms with Crippen LogP contribution in [-0.2, 0) is 13.1 Å². The fourth-order valence-electron chi connectivity index (χ4n) is 2.11. The van der Waals surface area contributed by atoms with Crippen LogP contribution in [0.1, 0.15) is 22.7 Å². The summed E-state index contributed by atoms with van der Waals surface area (Å²) in [5, 5.41) is 6.94. The standard InChI is InChI=1S/C15H17N5O2/c21-15(17-5-1-8-19-10-7-16-12-19)14-4-3-13(22-14)11-20-9-2-6-18-20/h2-4,6-7,9-10,12H,1,5,8,11H2,(H,17,21). The lowest BCUT2D eigenvalue weighted by atomic mass is 10.3. The summed E-state index contributed by atoms with van der Waals surface area (Å²) >= 11 is 0. The number of aromatic nitrogens is 4. The highest BCUT2D eigenvalue weighted by atomic mass is 16.4. The van der Waals surface area contributed by atoms with Gasteiger partial charge >= 0.3 is 0 Å². The van der Waals surface area contributed by atoms with E-state index in [1.54, 1.807) is 35.5 Å². The van der Waals surface area contributed by atoms with E-state index in [4.69, 9.17) is 4.42 Å². The van der Waals surface area contributed by atoms with E-state index >= 15 is 0 Å². The molecule has 114 valence electrons. The first-order chi connectivity index (χ1) is 10.8. The van der Waals surface area contributed by atoms with E-state index < -0.39 is 0 Å². The molecule has 0 radical (unpaired) electrons. The normalized spacial score (nSPS) is 10.7. The van der Waals surface area contributed by atoms with Crippen LogP contribution >= 0.6 is 0 Å². The molecular weight excluding hydrogens is 282 g/mol. The second-order valence-electron chi connectivity index (χ2n) is 4.88. The molecule has 0 aliphatic carbocycles. The first-order valence-electron chi connectivity index (χ1n) is 7.11. The molecule has 0 atom stereocenters.